The number of carbonyl (C=O) groups excluding carboxylic acids is 1. The molecule has 1 aromatic heterocycles. The number of hydrogen-bond donors (Lipinski definition) is 2. The second-order valence-electron chi connectivity index (χ2n) is 8.46. The Kier molecular flexibility index (Phi) is 6.75. The molecule has 0 radical (unpaired) electrons. The lowest BCUT2D eigenvalue weighted by Crippen LogP contribution is -2.57. The quantitative estimate of drug-likeness (QED) is 0.565. The number of halogens is 1. The van der Waals surface area contributed by atoms with Crippen LogP contribution in [0.3, 0.4) is 0 Å². The van der Waals surface area contributed by atoms with Gasteiger partial charge >= 0.3 is 0 Å². The van der Waals surface area contributed by atoms with Crippen molar-refractivity contribution in [1.82, 2.24) is 25.0 Å². The SMILES string of the molecule is CN=C(NCCc1c[nH]c2cc(F)ccc12)N1CCN(C(C)C(=O)N2CCCC2)CC1. The van der Waals surface area contributed by atoms with E-state index in [1.807, 2.05) is 31.1 Å². The number of rotatable bonds is 5. The highest BCUT2D eigenvalue weighted by atomic mass is 19.1. The van der Waals surface area contributed by atoms with E-state index in [0.717, 1.165) is 87.5 Å². The average Bonchev–Trinajstić information content (AvgIpc) is 3.46. The number of hydrogen-bond acceptors (Lipinski definition) is 3. The van der Waals surface area contributed by atoms with E-state index in [1.54, 1.807) is 0 Å². The number of aromatic nitrogens is 1. The summed E-state index contributed by atoms with van der Waals surface area (Å²) in [5.41, 5.74) is 1.99. The van der Waals surface area contributed by atoms with Crippen molar-refractivity contribution in [2.75, 3.05) is 52.9 Å². The summed E-state index contributed by atoms with van der Waals surface area (Å²) in [6, 6.07) is 4.80. The van der Waals surface area contributed by atoms with Crippen molar-refractivity contribution in [3.05, 3.63) is 35.8 Å². The highest BCUT2D eigenvalue weighted by molar-refractivity contribution is 5.84. The molecule has 0 aliphatic carbocycles. The molecule has 2 N–H and O–H groups in total. The number of carbonyl (C=O) groups is 1. The van der Waals surface area contributed by atoms with Gasteiger partial charge in [0.25, 0.3) is 0 Å². The molecule has 1 atom stereocenters. The second-order valence-corrected chi connectivity index (χ2v) is 8.46. The van der Waals surface area contributed by atoms with Crippen LogP contribution in [0.1, 0.15) is 25.3 Å². The molecule has 8 heteroatoms. The van der Waals surface area contributed by atoms with E-state index in [0.29, 0.717) is 0 Å². The number of amides is 1. The monoisotopic (exact) mass is 428 g/mol. The summed E-state index contributed by atoms with van der Waals surface area (Å²) in [4.78, 5) is 26.8. The van der Waals surface area contributed by atoms with E-state index in [4.69, 9.17) is 0 Å². The van der Waals surface area contributed by atoms with Crippen LogP contribution in [-0.4, -0.2) is 90.5 Å². The number of likely N-dealkylation sites (tertiary alicyclic amines) is 1. The zero-order valence-corrected chi connectivity index (χ0v) is 18.5. The molecule has 31 heavy (non-hydrogen) atoms. The molecule has 0 saturated carbocycles. The average molecular weight is 429 g/mol. The van der Waals surface area contributed by atoms with Crippen LogP contribution in [-0.2, 0) is 11.2 Å². The topological polar surface area (TPSA) is 67.0 Å². The van der Waals surface area contributed by atoms with Crippen molar-refractivity contribution >= 4 is 22.8 Å². The molecule has 1 amide bonds. The first-order chi connectivity index (χ1) is 15.1. The second kappa shape index (κ2) is 9.68. The first kappa shape index (κ1) is 21.6. The molecule has 1 aromatic carbocycles. The van der Waals surface area contributed by atoms with Crippen LogP contribution < -0.4 is 5.32 Å². The number of aliphatic imine (C=N–C) groups is 1. The van der Waals surface area contributed by atoms with Crippen molar-refractivity contribution in [3.63, 3.8) is 0 Å². The van der Waals surface area contributed by atoms with Gasteiger partial charge in [0.15, 0.2) is 5.96 Å². The Hall–Kier alpha value is -2.61. The molecule has 0 bridgehead atoms. The molecule has 1 unspecified atom stereocenters. The van der Waals surface area contributed by atoms with E-state index in [2.05, 4.69) is 25.1 Å². The number of aromatic amines is 1. The van der Waals surface area contributed by atoms with Gasteiger partial charge in [-0.15, -0.1) is 0 Å². The van der Waals surface area contributed by atoms with E-state index in [-0.39, 0.29) is 17.8 Å². The lowest BCUT2D eigenvalue weighted by atomic mass is 10.1. The number of nitrogens with one attached hydrogen (secondary N) is 2. The number of fused-ring (bicyclic) bond motifs is 1. The molecule has 168 valence electrons. The number of nitrogens with zero attached hydrogens (tertiary/aromatic N) is 4. The van der Waals surface area contributed by atoms with Crippen molar-refractivity contribution in [2.45, 2.75) is 32.2 Å². The van der Waals surface area contributed by atoms with Crippen molar-refractivity contribution in [3.8, 4) is 0 Å². The molecule has 2 aliphatic rings. The van der Waals surface area contributed by atoms with Gasteiger partial charge in [0, 0.05) is 70.0 Å². The lowest BCUT2D eigenvalue weighted by molar-refractivity contribution is -0.135. The summed E-state index contributed by atoms with van der Waals surface area (Å²) in [5.74, 6) is 0.936. The van der Waals surface area contributed by atoms with Crippen LogP contribution in [0.2, 0.25) is 0 Å². The predicted molar refractivity (Wildman–Crippen MR) is 122 cm³/mol. The van der Waals surface area contributed by atoms with E-state index < -0.39 is 0 Å². The fourth-order valence-electron chi connectivity index (χ4n) is 4.69. The molecule has 0 spiro atoms. The summed E-state index contributed by atoms with van der Waals surface area (Å²) < 4.78 is 13.4. The van der Waals surface area contributed by atoms with Gasteiger partial charge in [-0.2, -0.15) is 0 Å². The van der Waals surface area contributed by atoms with Crippen molar-refractivity contribution in [2.24, 2.45) is 4.99 Å². The Morgan fingerprint density at radius 3 is 2.61 bits per heavy atom. The first-order valence-electron chi connectivity index (χ1n) is 11.3. The van der Waals surface area contributed by atoms with E-state index in [1.165, 1.54) is 12.1 Å². The number of guanidine groups is 1. The van der Waals surface area contributed by atoms with Gasteiger partial charge in [-0.1, -0.05) is 0 Å². The Morgan fingerprint density at radius 1 is 1.16 bits per heavy atom. The maximum Gasteiger partial charge on any atom is 0.239 e. The van der Waals surface area contributed by atoms with E-state index >= 15 is 0 Å². The Balaban J connectivity index is 1.26. The predicted octanol–water partition coefficient (Wildman–Crippen LogP) is 2.05. The molecule has 2 aliphatic heterocycles. The Bertz CT molecular complexity index is 927. The minimum absolute atomic E-state index is 0.0538. The standard InChI is InChI=1S/C23H33FN6O/c1-17(22(31)29-9-3-4-10-29)28-11-13-30(14-12-28)23(25-2)26-8-7-18-16-27-21-15-19(24)5-6-20(18)21/h5-6,15-17,27H,3-4,7-14H2,1-2H3,(H,25,26). The largest absolute Gasteiger partial charge is 0.361 e. The van der Waals surface area contributed by atoms with Crippen LogP contribution in [0.5, 0.6) is 0 Å². The number of piperazine rings is 1. The van der Waals surface area contributed by atoms with Gasteiger partial charge in [0.2, 0.25) is 5.91 Å². The zero-order chi connectivity index (χ0) is 21.8. The van der Waals surface area contributed by atoms with Crippen LogP contribution in [0, 0.1) is 5.82 Å². The fourth-order valence-corrected chi connectivity index (χ4v) is 4.69. The Morgan fingerprint density at radius 2 is 1.90 bits per heavy atom. The maximum absolute atomic E-state index is 13.4. The summed E-state index contributed by atoms with van der Waals surface area (Å²) in [5, 5.41) is 4.52. The molecular formula is C23H33FN6O. The molecule has 2 aromatic rings. The van der Waals surface area contributed by atoms with Gasteiger partial charge in [-0.3, -0.25) is 14.7 Å². The third kappa shape index (κ3) is 4.84. The summed E-state index contributed by atoms with van der Waals surface area (Å²) in [7, 11) is 1.81. The van der Waals surface area contributed by atoms with Gasteiger partial charge < -0.3 is 20.1 Å². The minimum Gasteiger partial charge on any atom is -0.361 e. The zero-order valence-electron chi connectivity index (χ0n) is 18.5. The van der Waals surface area contributed by atoms with Crippen LogP contribution in [0.4, 0.5) is 4.39 Å². The summed E-state index contributed by atoms with van der Waals surface area (Å²) >= 11 is 0. The molecule has 7 nitrogen and oxygen atoms in total. The van der Waals surface area contributed by atoms with Crippen LogP contribution in [0.25, 0.3) is 10.9 Å². The highest BCUT2D eigenvalue weighted by Gasteiger charge is 2.30. The fraction of sp³-hybridized carbons (Fsp3) is 0.565. The highest BCUT2D eigenvalue weighted by Crippen LogP contribution is 2.19. The lowest BCUT2D eigenvalue weighted by Gasteiger charge is -2.39. The van der Waals surface area contributed by atoms with Gasteiger partial charge in [-0.05, 0) is 49.9 Å². The van der Waals surface area contributed by atoms with Crippen molar-refractivity contribution in [1.29, 1.82) is 0 Å². The normalized spacial score (nSPS) is 19.3. The van der Waals surface area contributed by atoms with E-state index in [9.17, 15) is 9.18 Å². The van der Waals surface area contributed by atoms with Crippen molar-refractivity contribution < 1.29 is 9.18 Å². The Labute approximate surface area is 183 Å². The third-order valence-electron chi connectivity index (χ3n) is 6.56. The molecule has 4 rings (SSSR count). The van der Waals surface area contributed by atoms with Crippen LogP contribution in [0.15, 0.2) is 29.4 Å². The first-order valence-corrected chi connectivity index (χ1v) is 11.3. The smallest absolute Gasteiger partial charge is 0.239 e. The van der Waals surface area contributed by atoms with Gasteiger partial charge in [-0.25, -0.2) is 4.39 Å². The molecule has 2 fully saturated rings. The molecule has 2 saturated heterocycles. The number of H-pyrrole nitrogens is 1. The number of benzene rings is 1. The minimum atomic E-state index is -0.227. The maximum atomic E-state index is 13.4. The van der Waals surface area contributed by atoms with Gasteiger partial charge in [0.05, 0.1) is 6.04 Å². The summed E-state index contributed by atoms with van der Waals surface area (Å²) in [6.07, 6.45) is 5.03. The van der Waals surface area contributed by atoms with Gasteiger partial charge in [0.1, 0.15) is 5.82 Å². The molecule has 3 heterocycles. The third-order valence-corrected chi connectivity index (χ3v) is 6.56. The summed E-state index contributed by atoms with van der Waals surface area (Å²) in [6.45, 7) is 8.02. The van der Waals surface area contributed by atoms with Crippen LogP contribution >= 0.6 is 0 Å². The molecular weight excluding hydrogens is 395 g/mol.